The number of rotatable bonds is 8. The minimum absolute atomic E-state index is 0.0104. The van der Waals surface area contributed by atoms with Crippen molar-refractivity contribution >= 4 is 11.7 Å². The number of hydrogen-bond acceptors (Lipinski definition) is 4. The van der Waals surface area contributed by atoms with Crippen molar-refractivity contribution in [1.29, 1.82) is 0 Å². The smallest absolute Gasteiger partial charge is 0.216 e. The molecule has 0 aliphatic rings. The zero-order valence-corrected chi connectivity index (χ0v) is 9.12. The molecule has 6 heteroatoms. The number of carbonyl (C=O) groups is 1. The summed E-state index contributed by atoms with van der Waals surface area (Å²) in [6, 6.07) is 0. The monoisotopic (exact) mass is 216 g/mol. The fraction of sp³-hybridized carbons (Fsp3) is 0.778. The predicted molar refractivity (Wildman–Crippen MR) is 58.8 cm³/mol. The van der Waals surface area contributed by atoms with E-state index >= 15 is 0 Å². The third kappa shape index (κ3) is 10.6. The highest BCUT2D eigenvalue weighted by molar-refractivity contribution is 5.79. The van der Waals surface area contributed by atoms with Gasteiger partial charge in [0.05, 0.1) is 0 Å². The summed E-state index contributed by atoms with van der Waals surface area (Å²) in [6.07, 6.45) is 2.48. The van der Waals surface area contributed by atoms with E-state index < -0.39 is 0 Å². The molecule has 0 radical (unpaired) electrons. The van der Waals surface area contributed by atoms with E-state index in [1.54, 1.807) is 0 Å². The van der Waals surface area contributed by atoms with Gasteiger partial charge in [0, 0.05) is 26.4 Å². The fourth-order valence-corrected chi connectivity index (χ4v) is 1.06. The molecule has 0 heterocycles. The summed E-state index contributed by atoms with van der Waals surface area (Å²) in [6.45, 7) is 3.79. The second-order valence-corrected chi connectivity index (χ2v) is 3.28. The third-order valence-corrected chi connectivity index (χ3v) is 1.84. The van der Waals surface area contributed by atoms with Gasteiger partial charge < -0.3 is 21.6 Å². The van der Waals surface area contributed by atoms with E-state index in [-0.39, 0.29) is 11.7 Å². The Labute approximate surface area is 89.9 Å². The van der Waals surface area contributed by atoms with Crippen molar-refractivity contribution in [2.24, 2.45) is 10.9 Å². The maximum absolute atomic E-state index is 10.5. The zero-order valence-electron chi connectivity index (χ0n) is 9.12. The van der Waals surface area contributed by atoms with Crippen LogP contribution in [0.3, 0.4) is 0 Å². The fourth-order valence-electron chi connectivity index (χ4n) is 1.06. The maximum atomic E-state index is 10.5. The van der Waals surface area contributed by atoms with Crippen molar-refractivity contribution in [3.8, 4) is 0 Å². The second kappa shape index (κ2) is 9.26. The second-order valence-electron chi connectivity index (χ2n) is 3.28. The summed E-state index contributed by atoms with van der Waals surface area (Å²) in [4.78, 5) is 10.5. The van der Waals surface area contributed by atoms with Crippen LogP contribution in [0.25, 0.3) is 0 Å². The Morgan fingerprint density at radius 1 is 1.33 bits per heavy atom. The SMILES string of the molecule is CC(=O)NCCNCCCCC(N)=NO. The van der Waals surface area contributed by atoms with E-state index in [4.69, 9.17) is 10.9 Å². The van der Waals surface area contributed by atoms with E-state index in [1.807, 2.05) is 0 Å². The molecule has 0 bridgehead atoms. The number of amides is 1. The molecule has 0 saturated carbocycles. The van der Waals surface area contributed by atoms with Gasteiger partial charge in [-0.2, -0.15) is 0 Å². The van der Waals surface area contributed by atoms with Crippen molar-refractivity contribution in [1.82, 2.24) is 10.6 Å². The topological polar surface area (TPSA) is 99.7 Å². The first kappa shape index (κ1) is 13.7. The Balaban J connectivity index is 3.08. The van der Waals surface area contributed by atoms with Crippen LogP contribution in [0.1, 0.15) is 26.2 Å². The Morgan fingerprint density at radius 3 is 2.67 bits per heavy atom. The molecular weight excluding hydrogens is 196 g/mol. The Kier molecular flexibility index (Phi) is 8.46. The van der Waals surface area contributed by atoms with E-state index in [1.165, 1.54) is 6.92 Å². The van der Waals surface area contributed by atoms with E-state index in [0.717, 1.165) is 25.9 Å². The minimum atomic E-state index is -0.0104. The first-order valence-corrected chi connectivity index (χ1v) is 5.08. The molecule has 0 aromatic rings. The lowest BCUT2D eigenvalue weighted by Crippen LogP contribution is -2.30. The third-order valence-electron chi connectivity index (χ3n) is 1.84. The molecule has 15 heavy (non-hydrogen) atoms. The quantitative estimate of drug-likeness (QED) is 0.146. The molecule has 0 spiro atoms. The summed E-state index contributed by atoms with van der Waals surface area (Å²) < 4.78 is 0. The number of unbranched alkanes of at least 4 members (excludes halogenated alkanes) is 1. The van der Waals surface area contributed by atoms with Crippen molar-refractivity contribution in [2.75, 3.05) is 19.6 Å². The molecule has 0 atom stereocenters. The average molecular weight is 216 g/mol. The number of oxime groups is 1. The Morgan fingerprint density at radius 2 is 2.07 bits per heavy atom. The van der Waals surface area contributed by atoms with Crippen molar-refractivity contribution in [3.63, 3.8) is 0 Å². The normalized spacial score (nSPS) is 11.4. The van der Waals surface area contributed by atoms with Gasteiger partial charge in [-0.3, -0.25) is 4.79 Å². The highest BCUT2D eigenvalue weighted by Crippen LogP contribution is 1.93. The zero-order chi connectivity index (χ0) is 11.5. The maximum Gasteiger partial charge on any atom is 0.216 e. The molecule has 88 valence electrons. The van der Waals surface area contributed by atoms with Gasteiger partial charge in [-0.05, 0) is 19.4 Å². The lowest BCUT2D eigenvalue weighted by molar-refractivity contribution is -0.118. The molecule has 0 unspecified atom stereocenters. The van der Waals surface area contributed by atoms with Crippen LogP contribution >= 0.6 is 0 Å². The number of amidine groups is 1. The average Bonchev–Trinajstić information content (AvgIpc) is 2.21. The van der Waals surface area contributed by atoms with Crippen LogP contribution in [-0.4, -0.2) is 36.6 Å². The molecule has 5 N–H and O–H groups in total. The molecule has 0 saturated heterocycles. The highest BCUT2D eigenvalue weighted by atomic mass is 16.4. The summed E-state index contributed by atoms with van der Waals surface area (Å²) in [5.74, 6) is 0.261. The van der Waals surface area contributed by atoms with Crippen LogP contribution in [0, 0.1) is 0 Å². The molecule has 6 nitrogen and oxygen atoms in total. The number of nitrogens with zero attached hydrogens (tertiary/aromatic N) is 1. The van der Waals surface area contributed by atoms with E-state index in [9.17, 15) is 4.79 Å². The lowest BCUT2D eigenvalue weighted by atomic mass is 10.2. The summed E-state index contributed by atoms with van der Waals surface area (Å²) in [7, 11) is 0. The number of nitrogens with two attached hydrogens (primary N) is 1. The van der Waals surface area contributed by atoms with Crippen molar-refractivity contribution in [2.45, 2.75) is 26.2 Å². The molecule has 0 aliphatic heterocycles. The van der Waals surface area contributed by atoms with Crippen molar-refractivity contribution in [3.05, 3.63) is 0 Å². The van der Waals surface area contributed by atoms with Gasteiger partial charge in [0.15, 0.2) is 0 Å². The summed E-state index contributed by atoms with van der Waals surface area (Å²) >= 11 is 0. The standard InChI is InChI=1S/C9H20N4O2/c1-8(14)12-7-6-11-5-3-2-4-9(10)13-15/h11,15H,2-7H2,1H3,(H2,10,13)(H,12,14). The number of nitrogens with one attached hydrogen (secondary N) is 2. The Hall–Kier alpha value is -1.30. The predicted octanol–water partition coefficient (Wildman–Crippen LogP) is -0.371. The number of carbonyl (C=O) groups excluding carboxylic acids is 1. The van der Waals surface area contributed by atoms with Gasteiger partial charge >= 0.3 is 0 Å². The lowest BCUT2D eigenvalue weighted by Gasteiger charge is -2.04. The van der Waals surface area contributed by atoms with Crippen molar-refractivity contribution < 1.29 is 10.0 Å². The van der Waals surface area contributed by atoms with Crippen LogP contribution in [0.4, 0.5) is 0 Å². The number of hydrogen-bond donors (Lipinski definition) is 4. The van der Waals surface area contributed by atoms with Gasteiger partial charge in [-0.1, -0.05) is 5.16 Å². The van der Waals surface area contributed by atoms with Crippen LogP contribution in [0.15, 0.2) is 5.16 Å². The van der Waals surface area contributed by atoms with Gasteiger partial charge in [0.1, 0.15) is 5.84 Å². The van der Waals surface area contributed by atoms with Gasteiger partial charge in [-0.15, -0.1) is 0 Å². The minimum Gasteiger partial charge on any atom is -0.409 e. The largest absolute Gasteiger partial charge is 0.409 e. The first-order valence-electron chi connectivity index (χ1n) is 5.08. The molecule has 1 amide bonds. The van der Waals surface area contributed by atoms with Crippen LogP contribution in [-0.2, 0) is 4.79 Å². The van der Waals surface area contributed by atoms with Gasteiger partial charge in [0.25, 0.3) is 0 Å². The summed E-state index contributed by atoms with van der Waals surface area (Å²) in [5, 5.41) is 17.0. The van der Waals surface area contributed by atoms with E-state index in [2.05, 4.69) is 15.8 Å². The Bertz CT molecular complexity index is 206. The molecule has 0 aliphatic carbocycles. The van der Waals surface area contributed by atoms with Crippen LogP contribution < -0.4 is 16.4 Å². The highest BCUT2D eigenvalue weighted by Gasteiger charge is 1.94. The molecule has 0 rings (SSSR count). The van der Waals surface area contributed by atoms with Gasteiger partial charge in [-0.25, -0.2) is 0 Å². The van der Waals surface area contributed by atoms with Crippen LogP contribution in [0.5, 0.6) is 0 Å². The molecule has 0 aromatic heterocycles. The molecule has 0 fully saturated rings. The summed E-state index contributed by atoms with van der Waals surface area (Å²) in [5.41, 5.74) is 5.30. The first-order chi connectivity index (χ1) is 7.16. The van der Waals surface area contributed by atoms with Crippen LogP contribution in [0.2, 0.25) is 0 Å². The molecular formula is C9H20N4O2. The molecule has 0 aromatic carbocycles. The van der Waals surface area contributed by atoms with Gasteiger partial charge in [0.2, 0.25) is 5.91 Å². The van der Waals surface area contributed by atoms with E-state index in [0.29, 0.717) is 13.0 Å².